The number of carbonyl (C=O) groups excluding carboxylic acids is 1. The van der Waals surface area contributed by atoms with E-state index in [1.165, 1.54) is 6.20 Å². The van der Waals surface area contributed by atoms with Gasteiger partial charge in [0, 0.05) is 27.2 Å². The summed E-state index contributed by atoms with van der Waals surface area (Å²) in [5.41, 5.74) is 0.375. The van der Waals surface area contributed by atoms with Gasteiger partial charge in [-0.05, 0) is 12.1 Å². The van der Waals surface area contributed by atoms with Gasteiger partial charge in [0.2, 0.25) is 15.9 Å². The molecule has 0 aliphatic carbocycles. The van der Waals surface area contributed by atoms with Gasteiger partial charge in [0.25, 0.3) is 0 Å². The molecule has 1 saturated heterocycles. The quantitative estimate of drug-likeness (QED) is 0.735. The summed E-state index contributed by atoms with van der Waals surface area (Å²) in [5, 5.41) is 0. The first-order chi connectivity index (χ1) is 10.8. The highest BCUT2D eigenvalue weighted by Gasteiger charge is 2.25. The number of sulfonamides is 1. The van der Waals surface area contributed by atoms with Crippen LogP contribution in [0.1, 0.15) is 0 Å². The van der Waals surface area contributed by atoms with E-state index in [1.54, 1.807) is 17.0 Å². The zero-order valence-corrected chi connectivity index (χ0v) is 14.4. The Balaban J connectivity index is 2.18. The Morgan fingerprint density at radius 2 is 1.96 bits per heavy atom. The molecule has 2 rings (SSSR count). The first-order valence-corrected chi connectivity index (χ1v) is 9.10. The van der Waals surface area contributed by atoms with Gasteiger partial charge in [-0.2, -0.15) is 0 Å². The van der Waals surface area contributed by atoms with Gasteiger partial charge in [-0.3, -0.25) is 9.10 Å². The van der Waals surface area contributed by atoms with Gasteiger partial charge in [-0.1, -0.05) is 0 Å². The van der Waals surface area contributed by atoms with E-state index < -0.39 is 10.0 Å². The summed E-state index contributed by atoms with van der Waals surface area (Å²) >= 11 is 0. The molecule has 9 heteroatoms. The van der Waals surface area contributed by atoms with E-state index in [4.69, 9.17) is 4.74 Å². The minimum atomic E-state index is -3.58. The van der Waals surface area contributed by atoms with Crippen LogP contribution in [0.15, 0.2) is 18.3 Å². The number of pyridine rings is 1. The standard InChI is InChI=1S/C14H22N4O4S/c1-16(2)13-5-4-12(10-15-13)18(23(3,20)21)11-14(19)17-6-8-22-9-7-17/h4-5,10H,6-9,11H2,1-3H3. The lowest BCUT2D eigenvalue weighted by molar-refractivity contribution is -0.133. The highest BCUT2D eigenvalue weighted by molar-refractivity contribution is 7.92. The molecule has 1 aromatic rings. The van der Waals surface area contributed by atoms with Crippen LogP contribution in [0, 0.1) is 0 Å². The molecule has 0 atom stereocenters. The van der Waals surface area contributed by atoms with Crippen LogP contribution in [0.5, 0.6) is 0 Å². The van der Waals surface area contributed by atoms with Gasteiger partial charge in [0.05, 0.1) is 31.4 Å². The zero-order valence-electron chi connectivity index (χ0n) is 13.6. The molecule has 2 heterocycles. The molecule has 128 valence electrons. The summed E-state index contributed by atoms with van der Waals surface area (Å²) in [7, 11) is 0.107. The number of ether oxygens (including phenoxy) is 1. The molecule has 1 aliphatic rings. The van der Waals surface area contributed by atoms with Crippen LogP contribution in [-0.4, -0.2) is 77.4 Å². The Labute approximate surface area is 136 Å². The number of nitrogens with zero attached hydrogens (tertiary/aromatic N) is 4. The average molecular weight is 342 g/mol. The first-order valence-electron chi connectivity index (χ1n) is 7.25. The van der Waals surface area contributed by atoms with Gasteiger partial charge in [0.1, 0.15) is 12.4 Å². The highest BCUT2D eigenvalue weighted by Crippen LogP contribution is 2.19. The second-order valence-corrected chi connectivity index (χ2v) is 7.44. The Kier molecular flexibility index (Phi) is 5.42. The minimum Gasteiger partial charge on any atom is -0.378 e. The molecule has 1 amide bonds. The molecule has 1 aliphatic heterocycles. The predicted octanol–water partition coefficient (Wildman–Crippen LogP) is -0.228. The fourth-order valence-corrected chi connectivity index (χ4v) is 3.06. The van der Waals surface area contributed by atoms with Gasteiger partial charge in [-0.25, -0.2) is 13.4 Å². The smallest absolute Gasteiger partial charge is 0.243 e. The zero-order chi connectivity index (χ0) is 17.0. The Bertz CT molecular complexity index is 639. The summed E-state index contributed by atoms with van der Waals surface area (Å²) in [6.45, 7) is 1.68. The Hall–Kier alpha value is -1.87. The Morgan fingerprint density at radius 3 is 2.43 bits per heavy atom. The molecule has 0 radical (unpaired) electrons. The SMILES string of the molecule is CN(C)c1ccc(N(CC(=O)N2CCOCC2)S(C)(=O)=O)cn1. The van der Waals surface area contributed by atoms with Gasteiger partial charge in [-0.15, -0.1) is 0 Å². The molecule has 1 aromatic heterocycles. The summed E-state index contributed by atoms with van der Waals surface area (Å²) in [6, 6.07) is 3.36. The van der Waals surface area contributed by atoms with Crippen LogP contribution in [0.2, 0.25) is 0 Å². The number of aromatic nitrogens is 1. The molecule has 0 unspecified atom stereocenters. The third-order valence-corrected chi connectivity index (χ3v) is 4.66. The third-order valence-electron chi connectivity index (χ3n) is 3.52. The lowest BCUT2D eigenvalue weighted by Gasteiger charge is -2.30. The van der Waals surface area contributed by atoms with Crippen LogP contribution in [0.25, 0.3) is 0 Å². The van der Waals surface area contributed by atoms with Crippen LogP contribution < -0.4 is 9.21 Å². The van der Waals surface area contributed by atoms with Crippen molar-refractivity contribution in [2.45, 2.75) is 0 Å². The van der Waals surface area contributed by atoms with Crippen LogP contribution >= 0.6 is 0 Å². The van der Waals surface area contributed by atoms with E-state index >= 15 is 0 Å². The van der Waals surface area contributed by atoms with Crippen LogP contribution in [-0.2, 0) is 19.6 Å². The van der Waals surface area contributed by atoms with Crippen molar-refractivity contribution < 1.29 is 17.9 Å². The highest BCUT2D eigenvalue weighted by atomic mass is 32.2. The van der Waals surface area contributed by atoms with Crippen LogP contribution in [0.4, 0.5) is 11.5 Å². The predicted molar refractivity (Wildman–Crippen MR) is 88.2 cm³/mol. The van der Waals surface area contributed by atoms with Gasteiger partial charge >= 0.3 is 0 Å². The summed E-state index contributed by atoms with van der Waals surface area (Å²) < 4.78 is 30.4. The second-order valence-electron chi connectivity index (χ2n) is 5.53. The van der Waals surface area contributed by atoms with E-state index in [0.29, 0.717) is 37.8 Å². The molecular formula is C14H22N4O4S. The van der Waals surface area contributed by atoms with E-state index in [1.807, 2.05) is 19.0 Å². The number of amides is 1. The largest absolute Gasteiger partial charge is 0.378 e. The molecule has 0 aromatic carbocycles. The van der Waals surface area contributed by atoms with Crippen molar-refractivity contribution in [3.05, 3.63) is 18.3 Å². The van der Waals surface area contributed by atoms with Crippen molar-refractivity contribution in [2.75, 3.05) is 62.4 Å². The van der Waals surface area contributed by atoms with Crippen molar-refractivity contribution in [1.29, 1.82) is 0 Å². The van der Waals surface area contributed by atoms with Crippen molar-refractivity contribution in [2.24, 2.45) is 0 Å². The van der Waals surface area contributed by atoms with Crippen molar-refractivity contribution >= 4 is 27.4 Å². The summed E-state index contributed by atoms with van der Waals surface area (Å²) in [4.78, 5) is 20.0. The number of hydrogen-bond donors (Lipinski definition) is 0. The number of morpholine rings is 1. The van der Waals surface area contributed by atoms with E-state index in [-0.39, 0.29) is 12.5 Å². The van der Waals surface area contributed by atoms with E-state index in [2.05, 4.69) is 4.98 Å². The maximum absolute atomic E-state index is 12.3. The maximum atomic E-state index is 12.3. The molecule has 0 bridgehead atoms. The minimum absolute atomic E-state index is 0.234. The number of rotatable bonds is 5. The average Bonchev–Trinajstić information content (AvgIpc) is 2.52. The molecular weight excluding hydrogens is 320 g/mol. The third kappa shape index (κ3) is 4.55. The molecule has 0 N–H and O–H groups in total. The van der Waals surface area contributed by atoms with Gasteiger partial charge in [0.15, 0.2) is 0 Å². The van der Waals surface area contributed by atoms with Crippen molar-refractivity contribution in [3.8, 4) is 0 Å². The maximum Gasteiger partial charge on any atom is 0.243 e. The summed E-state index contributed by atoms with van der Waals surface area (Å²) in [6.07, 6.45) is 2.54. The van der Waals surface area contributed by atoms with Crippen molar-refractivity contribution in [1.82, 2.24) is 9.88 Å². The number of anilines is 2. The first kappa shape index (κ1) is 17.5. The molecule has 0 saturated carbocycles. The monoisotopic (exact) mass is 342 g/mol. The second kappa shape index (κ2) is 7.14. The van der Waals surface area contributed by atoms with Crippen LogP contribution in [0.3, 0.4) is 0 Å². The van der Waals surface area contributed by atoms with Crippen molar-refractivity contribution in [3.63, 3.8) is 0 Å². The number of hydrogen-bond acceptors (Lipinski definition) is 6. The lowest BCUT2D eigenvalue weighted by atomic mass is 10.3. The lowest BCUT2D eigenvalue weighted by Crippen LogP contribution is -2.47. The normalized spacial score (nSPS) is 15.3. The van der Waals surface area contributed by atoms with Gasteiger partial charge < -0.3 is 14.5 Å². The van der Waals surface area contributed by atoms with E-state index in [9.17, 15) is 13.2 Å². The molecule has 23 heavy (non-hydrogen) atoms. The Morgan fingerprint density at radius 1 is 1.30 bits per heavy atom. The fraction of sp³-hybridized carbons (Fsp3) is 0.571. The molecule has 8 nitrogen and oxygen atoms in total. The summed E-state index contributed by atoms with van der Waals surface area (Å²) in [5.74, 6) is 0.470. The topological polar surface area (TPSA) is 83.0 Å². The van der Waals surface area contributed by atoms with E-state index in [0.717, 1.165) is 10.6 Å². The molecule has 0 spiro atoms. The fourth-order valence-electron chi connectivity index (χ4n) is 2.23. The molecule has 1 fully saturated rings. The number of carbonyl (C=O) groups is 1.